The van der Waals surface area contributed by atoms with Crippen molar-refractivity contribution in [2.24, 2.45) is 0 Å². The average molecular weight is 235 g/mol. The van der Waals surface area contributed by atoms with Crippen LogP contribution in [0.2, 0.25) is 0 Å². The lowest BCUT2D eigenvalue weighted by atomic mass is 10.0. The van der Waals surface area contributed by atoms with E-state index < -0.39 is 5.60 Å². The number of ether oxygens (including phenoxy) is 1. The monoisotopic (exact) mass is 235 g/mol. The van der Waals surface area contributed by atoms with Gasteiger partial charge < -0.3 is 20.1 Å². The van der Waals surface area contributed by atoms with Crippen molar-refractivity contribution in [3.8, 4) is 0 Å². The number of aromatic nitrogens is 4. The number of aromatic amines is 1. The van der Waals surface area contributed by atoms with E-state index in [0.29, 0.717) is 37.6 Å². The molecule has 1 unspecified atom stereocenters. The van der Waals surface area contributed by atoms with Crippen molar-refractivity contribution in [3.63, 3.8) is 0 Å². The topological polar surface area (TPSA) is 96.0 Å². The molecule has 0 spiro atoms. The quantitative estimate of drug-likeness (QED) is 0.688. The van der Waals surface area contributed by atoms with Crippen molar-refractivity contribution in [1.29, 1.82) is 0 Å². The molecule has 0 aliphatic carbocycles. The summed E-state index contributed by atoms with van der Waals surface area (Å²) < 4.78 is 5.18. The van der Waals surface area contributed by atoms with Crippen LogP contribution in [-0.2, 0) is 4.74 Å². The van der Waals surface area contributed by atoms with E-state index in [0.717, 1.165) is 5.52 Å². The number of imidazole rings is 1. The van der Waals surface area contributed by atoms with Gasteiger partial charge in [0.1, 0.15) is 17.4 Å². The zero-order valence-electron chi connectivity index (χ0n) is 9.18. The molecule has 2 aromatic rings. The first-order valence-electron chi connectivity index (χ1n) is 5.45. The summed E-state index contributed by atoms with van der Waals surface area (Å²) in [5, 5.41) is 13.2. The van der Waals surface area contributed by atoms with Crippen molar-refractivity contribution in [1.82, 2.24) is 19.9 Å². The molecule has 1 atom stereocenters. The van der Waals surface area contributed by atoms with Gasteiger partial charge in [-0.05, 0) is 0 Å². The lowest BCUT2D eigenvalue weighted by Gasteiger charge is -2.20. The molecule has 0 radical (unpaired) electrons. The predicted molar refractivity (Wildman–Crippen MR) is 60.6 cm³/mol. The fourth-order valence-corrected chi connectivity index (χ4v) is 1.88. The molecule has 1 fully saturated rings. The fraction of sp³-hybridized carbons (Fsp3) is 0.500. The molecule has 7 nitrogen and oxygen atoms in total. The highest BCUT2D eigenvalue weighted by Gasteiger charge is 2.32. The van der Waals surface area contributed by atoms with Crippen molar-refractivity contribution in [2.45, 2.75) is 12.0 Å². The second kappa shape index (κ2) is 3.94. The standard InChI is InChI=1S/C10H13N5O2/c16-10(1-2-17-4-10)3-11-8-7-9(13-5-12-7)15-6-14-8/h5-6,16H,1-4H2,(H2,11,12,13,14,15). The second-order valence-electron chi connectivity index (χ2n) is 4.20. The molecule has 1 aliphatic heterocycles. The number of hydrogen-bond donors (Lipinski definition) is 3. The first-order chi connectivity index (χ1) is 8.27. The highest BCUT2D eigenvalue weighted by atomic mass is 16.5. The first-order valence-corrected chi connectivity index (χ1v) is 5.45. The van der Waals surface area contributed by atoms with Crippen molar-refractivity contribution < 1.29 is 9.84 Å². The van der Waals surface area contributed by atoms with Gasteiger partial charge in [0.05, 0.1) is 12.9 Å². The van der Waals surface area contributed by atoms with Gasteiger partial charge in [-0.3, -0.25) is 0 Å². The largest absolute Gasteiger partial charge is 0.386 e. The van der Waals surface area contributed by atoms with Gasteiger partial charge in [-0.25, -0.2) is 15.0 Å². The Balaban J connectivity index is 1.78. The van der Waals surface area contributed by atoms with Crippen LogP contribution in [-0.4, -0.2) is 50.4 Å². The Kier molecular flexibility index (Phi) is 2.41. The summed E-state index contributed by atoms with van der Waals surface area (Å²) in [5.41, 5.74) is 0.546. The summed E-state index contributed by atoms with van der Waals surface area (Å²) >= 11 is 0. The summed E-state index contributed by atoms with van der Waals surface area (Å²) in [4.78, 5) is 15.2. The number of rotatable bonds is 3. The Bertz CT molecular complexity index is 520. The summed E-state index contributed by atoms with van der Waals surface area (Å²) in [7, 11) is 0. The van der Waals surface area contributed by atoms with E-state index in [-0.39, 0.29) is 0 Å². The molecule has 1 aliphatic rings. The summed E-state index contributed by atoms with van der Waals surface area (Å²) in [6, 6.07) is 0. The second-order valence-corrected chi connectivity index (χ2v) is 4.20. The van der Waals surface area contributed by atoms with Gasteiger partial charge in [0.2, 0.25) is 0 Å². The van der Waals surface area contributed by atoms with Gasteiger partial charge in [0.25, 0.3) is 0 Å². The van der Waals surface area contributed by atoms with Gasteiger partial charge >= 0.3 is 0 Å². The van der Waals surface area contributed by atoms with Crippen LogP contribution in [0, 0.1) is 0 Å². The zero-order valence-corrected chi connectivity index (χ0v) is 9.18. The molecule has 0 bridgehead atoms. The molecule has 1 saturated heterocycles. The lowest BCUT2D eigenvalue weighted by Crippen LogP contribution is -2.37. The maximum Gasteiger partial charge on any atom is 0.182 e. The number of fused-ring (bicyclic) bond motifs is 1. The summed E-state index contributed by atoms with van der Waals surface area (Å²) in [6.45, 7) is 1.36. The minimum atomic E-state index is -0.808. The number of anilines is 1. The van der Waals surface area contributed by atoms with Crippen LogP contribution in [0.3, 0.4) is 0 Å². The van der Waals surface area contributed by atoms with E-state index in [1.807, 2.05) is 0 Å². The van der Waals surface area contributed by atoms with Crippen LogP contribution in [0.1, 0.15) is 6.42 Å². The molecule has 17 heavy (non-hydrogen) atoms. The Morgan fingerprint density at radius 3 is 3.24 bits per heavy atom. The fourth-order valence-electron chi connectivity index (χ4n) is 1.88. The number of aliphatic hydroxyl groups is 1. The molecular formula is C10H13N5O2. The van der Waals surface area contributed by atoms with Gasteiger partial charge in [-0.2, -0.15) is 0 Å². The van der Waals surface area contributed by atoms with Crippen LogP contribution in [0.4, 0.5) is 5.82 Å². The van der Waals surface area contributed by atoms with Crippen molar-refractivity contribution in [2.75, 3.05) is 25.1 Å². The lowest BCUT2D eigenvalue weighted by molar-refractivity contribution is 0.0381. The molecule has 0 aromatic carbocycles. The van der Waals surface area contributed by atoms with E-state index in [4.69, 9.17) is 4.74 Å². The van der Waals surface area contributed by atoms with E-state index in [1.54, 1.807) is 6.33 Å². The Morgan fingerprint density at radius 2 is 2.41 bits per heavy atom. The van der Waals surface area contributed by atoms with E-state index in [1.165, 1.54) is 6.33 Å². The van der Waals surface area contributed by atoms with E-state index in [2.05, 4.69) is 25.3 Å². The third-order valence-corrected chi connectivity index (χ3v) is 2.89. The highest BCUT2D eigenvalue weighted by Crippen LogP contribution is 2.20. The molecule has 90 valence electrons. The third-order valence-electron chi connectivity index (χ3n) is 2.89. The van der Waals surface area contributed by atoms with E-state index >= 15 is 0 Å². The Morgan fingerprint density at radius 1 is 1.47 bits per heavy atom. The van der Waals surface area contributed by atoms with Crippen molar-refractivity contribution in [3.05, 3.63) is 12.7 Å². The molecule has 0 saturated carbocycles. The van der Waals surface area contributed by atoms with E-state index in [9.17, 15) is 5.11 Å². The minimum absolute atomic E-state index is 0.358. The van der Waals surface area contributed by atoms with Crippen LogP contribution in [0.5, 0.6) is 0 Å². The molecule has 3 heterocycles. The predicted octanol–water partition coefficient (Wildman–Crippen LogP) is -0.0838. The highest BCUT2D eigenvalue weighted by molar-refractivity contribution is 5.81. The molecular weight excluding hydrogens is 222 g/mol. The third kappa shape index (κ3) is 1.94. The molecule has 0 amide bonds. The zero-order chi connectivity index (χ0) is 11.7. The van der Waals surface area contributed by atoms with Crippen LogP contribution < -0.4 is 5.32 Å². The number of nitrogens with zero attached hydrogens (tertiary/aromatic N) is 3. The number of H-pyrrole nitrogens is 1. The molecule has 2 aromatic heterocycles. The van der Waals surface area contributed by atoms with Crippen molar-refractivity contribution >= 4 is 17.0 Å². The average Bonchev–Trinajstić information content (AvgIpc) is 2.95. The maximum absolute atomic E-state index is 10.1. The smallest absolute Gasteiger partial charge is 0.182 e. The van der Waals surface area contributed by atoms with Crippen LogP contribution in [0.25, 0.3) is 11.2 Å². The summed E-state index contributed by atoms with van der Waals surface area (Å²) in [6.07, 6.45) is 3.65. The molecule has 3 rings (SSSR count). The van der Waals surface area contributed by atoms with Gasteiger partial charge in [0.15, 0.2) is 11.5 Å². The van der Waals surface area contributed by atoms with Crippen LogP contribution >= 0.6 is 0 Å². The van der Waals surface area contributed by atoms with Gasteiger partial charge in [-0.1, -0.05) is 0 Å². The molecule has 7 heteroatoms. The van der Waals surface area contributed by atoms with Gasteiger partial charge in [-0.15, -0.1) is 0 Å². The normalized spacial score (nSPS) is 24.3. The maximum atomic E-state index is 10.1. The Hall–Kier alpha value is -1.73. The first kappa shape index (κ1) is 10.4. The number of nitrogens with one attached hydrogen (secondary N) is 2. The minimum Gasteiger partial charge on any atom is -0.386 e. The van der Waals surface area contributed by atoms with Gasteiger partial charge in [0, 0.05) is 19.6 Å². The SMILES string of the molecule is OC1(CNc2ncnc3nc[nH]c23)CCOC1. The number of hydrogen-bond acceptors (Lipinski definition) is 6. The van der Waals surface area contributed by atoms with Crippen LogP contribution in [0.15, 0.2) is 12.7 Å². The Labute approximate surface area is 97.3 Å². The molecule has 3 N–H and O–H groups in total. The summed E-state index contributed by atoms with van der Waals surface area (Å²) in [5.74, 6) is 0.646.